The molecule has 120 valence electrons. The van der Waals surface area contributed by atoms with Crippen LogP contribution < -0.4 is 0 Å². The van der Waals surface area contributed by atoms with Crippen LogP contribution in [0.15, 0.2) is 54.6 Å². The van der Waals surface area contributed by atoms with Crippen molar-refractivity contribution >= 4 is 18.2 Å². The van der Waals surface area contributed by atoms with Crippen LogP contribution in [0.5, 0.6) is 0 Å². The number of hydrogen-bond donors (Lipinski definition) is 2. The SMILES string of the molecule is O=C(O)c1ccc(-n2c(C3CC3c3ccccc3)n[nH]c2=S)cc1. The van der Waals surface area contributed by atoms with E-state index in [2.05, 4.69) is 22.3 Å². The molecule has 1 aliphatic rings. The summed E-state index contributed by atoms with van der Waals surface area (Å²) in [7, 11) is 0. The summed E-state index contributed by atoms with van der Waals surface area (Å²) in [5.74, 6) is 0.730. The standard InChI is InChI=1S/C18H15N3O2S/c22-17(23)12-6-8-13(9-7-12)21-16(19-20-18(21)24)15-10-14(15)11-4-2-1-3-5-11/h1-9,14-15H,10H2,(H,20,24)(H,22,23). The van der Waals surface area contributed by atoms with E-state index in [0.717, 1.165) is 17.9 Å². The van der Waals surface area contributed by atoms with Gasteiger partial charge in [-0.25, -0.2) is 4.79 Å². The van der Waals surface area contributed by atoms with Gasteiger partial charge in [0.1, 0.15) is 5.82 Å². The molecule has 1 fully saturated rings. The maximum absolute atomic E-state index is 11.0. The van der Waals surface area contributed by atoms with Crippen LogP contribution in [0.2, 0.25) is 0 Å². The average Bonchev–Trinajstić information content (AvgIpc) is 3.31. The van der Waals surface area contributed by atoms with E-state index in [-0.39, 0.29) is 5.56 Å². The number of rotatable bonds is 4. The van der Waals surface area contributed by atoms with Crippen molar-refractivity contribution in [1.82, 2.24) is 14.8 Å². The zero-order valence-corrected chi connectivity index (χ0v) is 13.5. The molecular formula is C18H15N3O2S. The zero-order chi connectivity index (χ0) is 16.7. The highest BCUT2D eigenvalue weighted by Gasteiger charge is 2.43. The molecule has 2 aromatic carbocycles. The zero-order valence-electron chi connectivity index (χ0n) is 12.7. The van der Waals surface area contributed by atoms with Gasteiger partial charge in [-0.2, -0.15) is 5.10 Å². The molecule has 0 bridgehead atoms. The number of nitrogens with one attached hydrogen (secondary N) is 1. The number of nitrogens with zero attached hydrogens (tertiary/aromatic N) is 2. The van der Waals surface area contributed by atoms with Gasteiger partial charge in [-0.1, -0.05) is 30.3 Å². The summed E-state index contributed by atoms with van der Waals surface area (Å²) in [6, 6.07) is 17.1. The monoisotopic (exact) mass is 337 g/mol. The van der Waals surface area contributed by atoms with Gasteiger partial charge in [0, 0.05) is 11.6 Å². The number of hydrogen-bond acceptors (Lipinski definition) is 3. The molecule has 0 saturated heterocycles. The topological polar surface area (TPSA) is 70.9 Å². The first-order valence-electron chi connectivity index (χ1n) is 7.71. The molecule has 4 rings (SSSR count). The molecule has 1 saturated carbocycles. The summed E-state index contributed by atoms with van der Waals surface area (Å²) < 4.78 is 2.42. The van der Waals surface area contributed by atoms with Crippen LogP contribution in [0.4, 0.5) is 0 Å². The van der Waals surface area contributed by atoms with Crippen molar-refractivity contribution in [2.75, 3.05) is 0 Å². The molecule has 2 unspecified atom stereocenters. The van der Waals surface area contributed by atoms with Gasteiger partial charge in [-0.3, -0.25) is 9.67 Å². The molecule has 0 amide bonds. The summed E-state index contributed by atoms with van der Waals surface area (Å²) >= 11 is 5.37. The average molecular weight is 337 g/mol. The third-order valence-electron chi connectivity index (χ3n) is 4.42. The third-order valence-corrected chi connectivity index (χ3v) is 4.69. The first-order chi connectivity index (χ1) is 11.6. The van der Waals surface area contributed by atoms with E-state index in [1.54, 1.807) is 24.3 Å². The van der Waals surface area contributed by atoms with Crippen LogP contribution >= 0.6 is 12.2 Å². The van der Waals surface area contributed by atoms with Crippen molar-refractivity contribution in [3.05, 3.63) is 76.3 Å². The van der Waals surface area contributed by atoms with Crippen LogP contribution in [0.3, 0.4) is 0 Å². The van der Waals surface area contributed by atoms with Gasteiger partial charge in [-0.05, 0) is 54.4 Å². The minimum absolute atomic E-state index is 0.254. The number of aromatic nitrogens is 3. The number of carbonyl (C=O) groups is 1. The summed E-state index contributed by atoms with van der Waals surface area (Å²) in [4.78, 5) is 11.0. The Labute approximate surface area is 143 Å². The minimum atomic E-state index is -0.941. The molecule has 1 aromatic heterocycles. The van der Waals surface area contributed by atoms with Gasteiger partial charge in [0.25, 0.3) is 0 Å². The van der Waals surface area contributed by atoms with E-state index in [4.69, 9.17) is 17.3 Å². The number of carboxylic acid groups (broad SMARTS) is 1. The quantitative estimate of drug-likeness (QED) is 0.708. The summed E-state index contributed by atoms with van der Waals surface area (Å²) in [5.41, 5.74) is 2.39. The van der Waals surface area contributed by atoms with E-state index >= 15 is 0 Å². The van der Waals surface area contributed by atoms with Crippen LogP contribution in [0.25, 0.3) is 5.69 Å². The summed E-state index contributed by atoms with van der Waals surface area (Å²) in [6.45, 7) is 0. The predicted octanol–water partition coefficient (Wildman–Crippen LogP) is 3.90. The normalized spacial score (nSPS) is 19.2. The van der Waals surface area contributed by atoms with Crippen molar-refractivity contribution in [2.24, 2.45) is 0 Å². The largest absolute Gasteiger partial charge is 0.478 e. The van der Waals surface area contributed by atoms with E-state index < -0.39 is 5.97 Å². The number of benzene rings is 2. The molecule has 24 heavy (non-hydrogen) atoms. The highest BCUT2D eigenvalue weighted by atomic mass is 32.1. The smallest absolute Gasteiger partial charge is 0.335 e. The van der Waals surface area contributed by atoms with Crippen LogP contribution in [0.1, 0.15) is 40.0 Å². The highest BCUT2D eigenvalue weighted by molar-refractivity contribution is 7.71. The van der Waals surface area contributed by atoms with Gasteiger partial charge in [-0.15, -0.1) is 0 Å². The fourth-order valence-electron chi connectivity index (χ4n) is 3.11. The molecule has 0 spiro atoms. The Balaban J connectivity index is 1.68. The minimum Gasteiger partial charge on any atom is -0.478 e. The van der Waals surface area contributed by atoms with Crippen molar-refractivity contribution in [1.29, 1.82) is 0 Å². The summed E-state index contributed by atoms with van der Waals surface area (Å²) in [5, 5.41) is 16.3. The van der Waals surface area contributed by atoms with Crippen molar-refractivity contribution in [2.45, 2.75) is 18.3 Å². The Morgan fingerprint density at radius 3 is 2.50 bits per heavy atom. The Morgan fingerprint density at radius 1 is 1.12 bits per heavy atom. The first kappa shape index (κ1) is 14.8. The lowest BCUT2D eigenvalue weighted by molar-refractivity contribution is 0.0697. The van der Waals surface area contributed by atoms with Crippen LogP contribution in [-0.4, -0.2) is 25.8 Å². The van der Waals surface area contributed by atoms with E-state index in [9.17, 15) is 4.79 Å². The van der Waals surface area contributed by atoms with Crippen molar-refractivity contribution in [3.63, 3.8) is 0 Å². The van der Waals surface area contributed by atoms with Gasteiger partial charge >= 0.3 is 5.97 Å². The van der Waals surface area contributed by atoms with E-state index in [0.29, 0.717) is 16.6 Å². The second-order valence-corrected chi connectivity index (χ2v) is 6.32. The van der Waals surface area contributed by atoms with E-state index in [1.165, 1.54) is 5.56 Å². The summed E-state index contributed by atoms with van der Waals surface area (Å²) in [6.07, 6.45) is 1.04. The lowest BCUT2D eigenvalue weighted by Gasteiger charge is -2.07. The Morgan fingerprint density at radius 2 is 1.83 bits per heavy atom. The van der Waals surface area contributed by atoms with Gasteiger partial charge in [0.2, 0.25) is 0 Å². The molecule has 1 aliphatic carbocycles. The van der Waals surface area contributed by atoms with Crippen LogP contribution in [0, 0.1) is 4.77 Å². The van der Waals surface area contributed by atoms with Crippen molar-refractivity contribution in [3.8, 4) is 5.69 Å². The molecule has 1 heterocycles. The number of aromatic amines is 1. The Bertz CT molecular complexity index is 944. The molecule has 2 atom stereocenters. The fraction of sp³-hybridized carbons (Fsp3) is 0.167. The van der Waals surface area contributed by atoms with Crippen molar-refractivity contribution < 1.29 is 9.90 Å². The Kier molecular flexibility index (Phi) is 3.54. The third kappa shape index (κ3) is 2.55. The first-order valence-corrected chi connectivity index (χ1v) is 8.12. The molecule has 6 heteroatoms. The highest BCUT2D eigenvalue weighted by Crippen LogP contribution is 2.54. The molecule has 0 radical (unpaired) electrons. The maximum atomic E-state index is 11.0. The molecular weight excluding hydrogens is 322 g/mol. The maximum Gasteiger partial charge on any atom is 0.335 e. The fourth-order valence-corrected chi connectivity index (χ4v) is 3.35. The second-order valence-electron chi connectivity index (χ2n) is 5.93. The van der Waals surface area contributed by atoms with Gasteiger partial charge in [0.05, 0.1) is 5.56 Å². The number of carboxylic acids is 1. The molecule has 3 aromatic rings. The lowest BCUT2D eigenvalue weighted by Crippen LogP contribution is -2.02. The predicted molar refractivity (Wildman–Crippen MR) is 92.2 cm³/mol. The lowest BCUT2D eigenvalue weighted by atomic mass is 10.1. The van der Waals surface area contributed by atoms with E-state index in [1.807, 2.05) is 22.8 Å². The molecule has 5 nitrogen and oxygen atoms in total. The Hall–Kier alpha value is -2.73. The van der Waals surface area contributed by atoms with Gasteiger partial charge < -0.3 is 5.11 Å². The second kappa shape index (κ2) is 5.72. The van der Waals surface area contributed by atoms with Gasteiger partial charge in [0.15, 0.2) is 4.77 Å². The molecule has 0 aliphatic heterocycles. The molecule has 2 N–H and O–H groups in total. The number of aromatic carboxylic acids is 1. The van der Waals surface area contributed by atoms with Crippen LogP contribution in [-0.2, 0) is 0 Å². The number of H-pyrrole nitrogens is 1.